The maximum atomic E-state index is 13.7. The zero-order chi connectivity index (χ0) is 25.5. The van der Waals surface area contributed by atoms with Gasteiger partial charge < -0.3 is 15.4 Å². The minimum Gasteiger partial charge on any atom is -0.497 e. The van der Waals surface area contributed by atoms with Gasteiger partial charge in [0.05, 0.1) is 34.5 Å². The summed E-state index contributed by atoms with van der Waals surface area (Å²) in [5.74, 6) is -2.16. The van der Waals surface area contributed by atoms with Crippen LogP contribution in [0.2, 0.25) is 0 Å². The van der Waals surface area contributed by atoms with Gasteiger partial charge >= 0.3 is 0 Å². The predicted molar refractivity (Wildman–Crippen MR) is 121 cm³/mol. The Kier molecular flexibility index (Phi) is 6.07. The van der Waals surface area contributed by atoms with Crippen molar-refractivity contribution in [2.75, 3.05) is 17.7 Å². The Morgan fingerprint density at radius 1 is 1.20 bits per heavy atom. The number of aromatic amines is 1. The molecule has 2 aromatic carbocycles. The quantitative estimate of drug-likeness (QED) is 0.423. The van der Waals surface area contributed by atoms with Crippen molar-refractivity contribution in [1.82, 2.24) is 14.5 Å². The van der Waals surface area contributed by atoms with Crippen molar-refractivity contribution in [2.24, 2.45) is 0 Å². The molecule has 10 nitrogen and oxygen atoms in total. The molecule has 0 saturated carbocycles. The molecule has 3 aromatic rings. The van der Waals surface area contributed by atoms with E-state index in [4.69, 9.17) is 4.74 Å². The highest BCUT2D eigenvalue weighted by molar-refractivity contribution is 7.89. The van der Waals surface area contributed by atoms with Crippen LogP contribution in [0.1, 0.15) is 35.5 Å². The van der Waals surface area contributed by atoms with Crippen molar-refractivity contribution in [3.05, 3.63) is 64.9 Å². The number of carbonyl (C=O) groups is 2. The van der Waals surface area contributed by atoms with Crippen LogP contribution in [0, 0.1) is 11.6 Å². The maximum Gasteiger partial charge on any atom is 0.258 e. The van der Waals surface area contributed by atoms with Gasteiger partial charge in [-0.2, -0.15) is 9.40 Å². The summed E-state index contributed by atoms with van der Waals surface area (Å²) >= 11 is 0. The van der Waals surface area contributed by atoms with Crippen molar-refractivity contribution in [3.8, 4) is 5.75 Å². The number of amides is 2. The van der Waals surface area contributed by atoms with Crippen molar-refractivity contribution >= 4 is 33.8 Å². The number of sulfonamides is 1. The van der Waals surface area contributed by atoms with Crippen LogP contribution in [0.4, 0.5) is 20.3 Å². The van der Waals surface area contributed by atoms with E-state index in [1.165, 1.54) is 25.3 Å². The fourth-order valence-corrected chi connectivity index (χ4v) is 5.76. The summed E-state index contributed by atoms with van der Waals surface area (Å²) in [5, 5.41) is 11.9. The Labute approximate surface area is 199 Å². The van der Waals surface area contributed by atoms with Crippen LogP contribution in [0.5, 0.6) is 5.75 Å². The average Bonchev–Trinajstić information content (AvgIpc) is 3.31. The predicted octanol–water partition coefficient (Wildman–Crippen LogP) is 2.96. The highest BCUT2D eigenvalue weighted by Crippen LogP contribution is 2.44. The van der Waals surface area contributed by atoms with E-state index in [0.717, 1.165) is 16.4 Å². The van der Waals surface area contributed by atoms with Crippen LogP contribution in [-0.4, -0.2) is 42.3 Å². The van der Waals surface area contributed by atoms with Gasteiger partial charge in [-0.05, 0) is 38.1 Å². The van der Waals surface area contributed by atoms with E-state index in [9.17, 15) is 26.8 Å². The molecule has 0 unspecified atom stereocenters. The van der Waals surface area contributed by atoms with Crippen molar-refractivity contribution < 1.29 is 31.5 Å². The summed E-state index contributed by atoms with van der Waals surface area (Å²) in [6.45, 7) is 2.99. The third kappa shape index (κ3) is 4.23. The summed E-state index contributed by atoms with van der Waals surface area (Å²) in [5.41, 5.74) is -0.0539. The zero-order valence-corrected chi connectivity index (χ0v) is 19.7. The molecule has 184 valence electrons. The van der Waals surface area contributed by atoms with E-state index in [-0.39, 0.29) is 23.6 Å². The minimum absolute atomic E-state index is 0.0778. The van der Waals surface area contributed by atoms with E-state index in [0.29, 0.717) is 29.5 Å². The molecule has 4 rings (SSSR count). The number of fused-ring (bicyclic) bond motifs is 1. The molecule has 1 aromatic heterocycles. The number of hydrogen-bond donors (Lipinski definition) is 3. The van der Waals surface area contributed by atoms with Crippen LogP contribution >= 0.6 is 0 Å². The lowest BCUT2D eigenvalue weighted by Gasteiger charge is -2.30. The van der Waals surface area contributed by atoms with Gasteiger partial charge in [-0.25, -0.2) is 17.2 Å². The molecule has 3 N–H and O–H groups in total. The maximum absolute atomic E-state index is 13.7. The summed E-state index contributed by atoms with van der Waals surface area (Å²) in [4.78, 5) is 23.4. The Morgan fingerprint density at radius 3 is 2.51 bits per heavy atom. The van der Waals surface area contributed by atoms with E-state index in [2.05, 4.69) is 20.8 Å². The van der Waals surface area contributed by atoms with Gasteiger partial charge in [-0.3, -0.25) is 14.7 Å². The minimum atomic E-state index is -4.32. The number of aromatic nitrogens is 2. The molecule has 1 aliphatic heterocycles. The third-order valence-corrected chi connectivity index (χ3v) is 7.74. The second-order valence-electron chi connectivity index (χ2n) is 8.23. The first kappa shape index (κ1) is 24.3. The molecule has 0 aliphatic carbocycles. The van der Waals surface area contributed by atoms with Crippen LogP contribution in [0.15, 0.2) is 41.3 Å². The molecule has 2 amide bonds. The van der Waals surface area contributed by atoms with E-state index < -0.39 is 38.0 Å². The molecule has 1 aliphatic rings. The van der Waals surface area contributed by atoms with Gasteiger partial charge in [-0.1, -0.05) is 0 Å². The van der Waals surface area contributed by atoms with Crippen LogP contribution < -0.4 is 15.4 Å². The van der Waals surface area contributed by atoms with Crippen molar-refractivity contribution in [2.45, 2.75) is 30.8 Å². The van der Waals surface area contributed by atoms with Crippen LogP contribution in [0.25, 0.3) is 0 Å². The summed E-state index contributed by atoms with van der Waals surface area (Å²) in [6.07, 6.45) is 0.415. The molecule has 0 saturated heterocycles. The van der Waals surface area contributed by atoms with E-state index >= 15 is 0 Å². The number of H-pyrrole nitrogens is 1. The van der Waals surface area contributed by atoms with E-state index in [1.54, 1.807) is 13.8 Å². The van der Waals surface area contributed by atoms with Gasteiger partial charge in [0.2, 0.25) is 16.4 Å². The summed E-state index contributed by atoms with van der Waals surface area (Å²) < 4.78 is 60.2. The fourth-order valence-electron chi connectivity index (χ4n) is 3.99. The number of ether oxygens (including phenoxy) is 1. The second-order valence-corrected chi connectivity index (χ2v) is 10.1. The summed E-state index contributed by atoms with van der Waals surface area (Å²) in [7, 11) is -2.88. The molecule has 0 atom stereocenters. The standard InChI is InChI=1S/C22H21F2N5O5S/c1-22(2)19-17(10-29(22)35(32,33)15-7-12(23)6-13(24)8-15)20(28-27-19)26-21(31)16-5-4-14(34-3)9-18(16)25-11-30/h4-9,11H,10H2,1-3H3,(H,25,30)(H2,26,27,28,31). The molecular formula is C22H21F2N5O5S. The summed E-state index contributed by atoms with van der Waals surface area (Å²) in [6, 6.07) is 6.52. The molecule has 0 spiro atoms. The number of nitrogens with zero attached hydrogens (tertiary/aromatic N) is 2. The number of benzene rings is 2. The number of nitrogens with one attached hydrogen (secondary N) is 3. The molecule has 2 heterocycles. The lowest BCUT2D eigenvalue weighted by Crippen LogP contribution is -2.40. The first-order valence-electron chi connectivity index (χ1n) is 10.2. The molecule has 13 heteroatoms. The number of hydrogen-bond acceptors (Lipinski definition) is 6. The highest BCUT2D eigenvalue weighted by Gasteiger charge is 2.48. The normalized spacial score (nSPS) is 14.9. The molecule has 35 heavy (non-hydrogen) atoms. The zero-order valence-electron chi connectivity index (χ0n) is 18.8. The smallest absolute Gasteiger partial charge is 0.258 e. The number of halogens is 2. The van der Waals surface area contributed by atoms with Crippen molar-refractivity contribution in [3.63, 3.8) is 0 Å². The average molecular weight is 506 g/mol. The number of carbonyl (C=O) groups excluding carboxylic acids is 2. The topological polar surface area (TPSA) is 133 Å². The first-order chi connectivity index (χ1) is 16.5. The monoisotopic (exact) mass is 505 g/mol. The van der Waals surface area contributed by atoms with Crippen molar-refractivity contribution in [1.29, 1.82) is 0 Å². The van der Waals surface area contributed by atoms with Gasteiger partial charge in [0, 0.05) is 24.2 Å². The second kappa shape index (κ2) is 8.74. The Hall–Kier alpha value is -3.84. The van der Waals surface area contributed by atoms with Gasteiger partial charge in [0.1, 0.15) is 17.4 Å². The number of anilines is 2. The largest absolute Gasteiger partial charge is 0.497 e. The van der Waals surface area contributed by atoms with Crippen LogP contribution in [-0.2, 0) is 26.9 Å². The van der Waals surface area contributed by atoms with Gasteiger partial charge in [-0.15, -0.1) is 0 Å². The Bertz CT molecular complexity index is 1420. The fraction of sp³-hybridized carbons (Fsp3) is 0.227. The van der Waals surface area contributed by atoms with Gasteiger partial charge in [0.15, 0.2) is 5.82 Å². The molecule has 0 radical (unpaired) electrons. The Balaban J connectivity index is 1.66. The molecule has 0 fully saturated rings. The Morgan fingerprint density at radius 2 is 1.89 bits per heavy atom. The molecular weight excluding hydrogens is 484 g/mol. The van der Waals surface area contributed by atoms with Crippen LogP contribution in [0.3, 0.4) is 0 Å². The first-order valence-corrected chi connectivity index (χ1v) is 11.7. The SMILES string of the molecule is COc1ccc(C(=O)Nc2n[nH]c3c2CN(S(=O)(=O)c2cc(F)cc(F)c2)C3(C)C)c(NC=O)c1. The lowest BCUT2D eigenvalue weighted by atomic mass is 10.0. The van der Waals surface area contributed by atoms with Gasteiger partial charge in [0.25, 0.3) is 5.91 Å². The lowest BCUT2D eigenvalue weighted by molar-refractivity contribution is -0.105. The third-order valence-electron chi connectivity index (χ3n) is 5.75. The number of methoxy groups -OCH3 is 1. The highest BCUT2D eigenvalue weighted by atomic mass is 32.2. The number of rotatable bonds is 7. The van der Waals surface area contributed by atoms with E-state index in [1.807, 2.05) is 0 Å². The molecule has 0 bridgehead atoms.